The maximum absolute atomic E-state index is 14.5. The molecule has 0 saturated carbocycles. The van der Waals surface area contributed by atoms with E-state index in [9.17, 15) is 18.4 Å². The summed E-state index contributed by atoms with van der Waals surface area (Å²) in [6.45, 7) is 3.79. The fourth-order valence-corrected chi connectivity index (χ4v) is 4.77. The molecule has 0 bridgehead atoms. The second-order valence-electron chi connectivity index (χ2n) is 9.51. The number of rotatable bonds is 9. The van der Waals surface area contributed by atoms with Gasteiger partial charge in [0.25, 0.3) is 5.91 Å². The van der Waals surface area contributed by atoms with Crippen LogP contribution in [0.25, 0.3) is 0 Å². The van der Waals surface area contributed by atoms with E-state index in [1.165, 1.54) is 18.4 Å². The molecule has 0 N–H and O–H groups in total. The van der Waals surface area contributed by atoms with E-state index in [2.05, 4.69) is 4.98 Å². The number of carbonyl (C=O) groups excluding carboxylic acids is 2. The number of hydrogen-bond donors (Lipinski definition) is 0. The molecule has 0 aliphatic carbocycles. The van der Waals surface area contributed by atoms with Crippen LogP contribution in [0.2, 0.25) is 0 Å². The predicted molar refractivity (Wildman–Crippen MR) is 134 cm³/mol. The molecule has 0 unspecified atom stereocenters. The zero-order valence-electron chi connectivity index (χ0n) is 21.5. The van der Waals surface area contributed by atoms with Gasteiger partial charge in [-0.05, 0) is 43.5 Å². The molecule has 2 aliphatic heterocycles. The Morgan fingerprint density at radius 2 is 1.85 bits per heavy atom. The molecule has 0 spiro atoms. The zero-order chi connectivity index (χ0) is 27.4. The number of aromatic nitrogens is 1. The summed E-state index contributed by atoms with van der Waals surface area (Å²) in [5, 5.41) is 0. The maximum Gasteiger partial charge on any atom is 0.309 e. The van der Waals surface area contributed by atoms with Gasteiger partial charge in [-0.1, -0.05) is 12.1 Å². The van der Waals surface area contributed by atoms with E-state index in [0.29, 0.717) is 56.1 Å². The SMILES string of the molecule is CCOC(=O)C1CCN(C(=O)c2coc(CN(Cc3ccc4c(c3)OCO4)Cc3ccc(F)cc3F)n2)CC1. The lowest BCUT2D eigenvalue weighted by molar-refractivity contribution is -0.149. The second-order valence-corrected chi connectivity index (χ2v) is 9.51. The van der Waals surface area contributed by atoms with Crippen molar-refractivity contribution in [3.05, 3.63) is 77.0 Å². The predicted octanol–water partition coefficient (Wildman–Crippen LogP) is 4.30. The molecule has 11 heteroatoms. The maximum atomic E-state index is 14.5. The molecule has 2 aromatic carbocycles. The van der Waals surface area contributed by atoms with Crippen LogP contribution in [0.15, 0.2) is 47.1 Å². The summed E-state index contributed by atoms with van der Waals surface area (Å²) in [7, 11) is 0. The second kappa shape index (κ2) is 11.8. The average Bonchev–Trinajstić information content (AvgIpc) is 3.59. The molecule has 3 heterocycles. The van der Waals surface area contributed by atoms with E-state index in [1.54, 1.807) is 17.9 Å². The number of piperidine rings is 1. The van der Waals surface area contributed by atoms with Gasteiger partial charge in [0.2, 0.25) is 12.7 Å². The summed E-state index contributed by atoms with van der Waals surface area (Å²) in [5.74, 6) is -0.469. The van der Waals surface area contributed by atoms with Gasteiger partial charge >= 0.3 is 5.97 Å². The number of fused-ring (bicyclic) bond motifs is 1. The van der Waals surface area contributed by atoms with Crippen LogP contribution in [0.4, 0.5) is 8.78 Å². The van der Waals surface area contributed by atoms with Crippen molar-refractivity contribution in [1.82, 2.24) is 14.8 Å². The topological polar surface area (TPSA) is 94.3 Å². The van der Waals surface area contributed by atoms with Gasteiger partial charge in [-0.15, -0.1) is 0 Å². The number of benzene rings is 2. The van der Waals surface area contributed by atoms with Crippen molar-refractivity contribution in [1.29, 1.82) is 0 Å². The fourth-order valence-electron chi connectivity index (χ4n) is 4.77. The van der Waals surface area contributed by atoms with Crippen molar-refractivity contribution in [3.8, 4) is 11.5 Å². The Hall–Kier alpha value is -3.99. The number of oxazole rings is 1. The molecule has 5 rings (SSSR count). The number of ether oxygens (including phenoxy) is 3. The number of halogens is 2. The van der Waals surface area contributed by atoms with Crippen molar-refractivity contribution < 1.29 is 37.0 Å². The lowest BCUT2D eigenvalue weighted by atomic mass is 9.97. The number of amides is 1. The van der Waals surface area contributed by atoms with Crippen LogP contribution < -0.4 is 9.47 Å². The largest absolute Gasteiger partial charge is 0.466 e. The Bertz CT molecular complexity index is 1340. The van der Waals surface area contributed by atoms with Crippen LogP contribution in [0.5, 0.6) is 11.5 Å². The quantitative estimate of drug-likeness (QED) is 0.370. The molecule has 3 aromatic rings. The van der Waals surface area contributed by atoms with Gasteiger partial charge in [-0.2, -0.15) is 0 Å². The van der Waals surface area contributed by atoms with Crippen LogP contribution in [0.1, 0.15) is 47.3 Å². The van der Waals surface area contributed by atoms with Gasteiger partial charge in [0, 0.05) is 37.8 Å². The molecule has 1 aromatic heterocycles. The number of nitrogens with zero attached hydrogens (tertiary/aromatic N) is 3. The Kier molecular flexibility index (Phi) is 8.06. The van der Waals surface area contributed by atoms with Crippen molar-refractivity contribution in [2.75, 3.05) is 26.5 Å². The molecule has 1 amide bonds. The van der Waals surface area contributed by atoms with E-state index in [1.807, 2.05) is 17.0 Å². The summed E-state index contributed by atoms with van der Waals surface area (Å²) in [5.41, 5.74) is 1.36. The minimum Gasteiger partial charge on any atom is -0.466 e. The lowest BCUT2D eigenvalue weighted by Gasteiger charge is -2.30. The first-order valence-electron chi connectivity index (χ1n) is 12.8. The number of hydrogen-bond acceptors (Lipinski definition) is 8. The molecule has 206 valence electrons. The highest BCUT2D eigenvalue weighted by molar-refractivity contribution is 5.92. The van der Waals surface area contributed by atoms with E-state index in [4.69, 9.17) is 18.6 Å². The van der Waals surface area contributed by atoms with Gasteiger partial charge in [0.15, 0.2) is 17.2 Å². The first kappa shape index (κ1) is 26.6. The summed E-state index contributed by atoms with van der Waals surface area (Å²) in [6, 6.07) is 9.00. The lowest BCUT2D eigenvalue weighted by Crippen LogP contribution is -2.40. The highest BCUT2D eigenvalue weighted by atomic mass is 19.1. The van der Waals surface area contributed by atoms with Crippen molar-refractivity contribution in [2.24, 2.45) is 5.92 Å². The van der Waals surface area contributed by atoms with Crippen LogP contribution in [0, 0.1) is 17.6 Å². The normalized spacial score (nSPS) is 15.1. The zero-order valence-corrected chi connectivity index (χ0v) is 21.5. The third-order valence-electron chi connectivity index (χ3n) is 6.78. The van der Waals surface area contributed by atoms with Gasteiger partial charge < -0.3 is 23.5 Å². The minimum absolute atomic E-state index is 0.146. The molecule has 0 radical (unpaired) electrons. The highest BCUT2D eigenvalue weighted by Crippen LogP contribution is 2.33. The van der Waals surface area contributed by atoms with E-state index in [-0.39, 0.29) is 49.3 Å². The van der Waals surface area contributed by atoms with Gasteiger partial charge in [0.1, 0.15) is 17.9 Å². The smallest absolute Gasteiger partial charge is 0.309 e. The molecule has 0 atom stereocenters. The van der Waals surface area contributed by atoms with E-state index < -0.39 is 11.6 Å². The number of carbonyl (C=O) groups is 2. The Morgan fingerprint density at radius 3 is 2.62 bits per heavy atom. The summed E-state index contributed by atoms with van der Waals surface area (Å²) in [4.78, 5) is 32.9. The third kappa shape index (κ3) is 6.36. The highest BCUT2D eigenvalue weighted by Gasteiger charge is 2.30. The van der Waals surface area contributed by atoms with Gasteiger partial charge in [0.05, 0.1) is 19.1 Å². The van der Waals surface area contributed by atoms with Gasteiger partial charge in [-0.25, -0.2) is 13.8 Å². The summed E-state index contributed by atoms with van der Waals surface area (Å²) < 4.78 is 49.5. The summed E-state index contributed by atoms with van der Waals surface area (Å²) in [6.07, 6.45) is 2.37. The van der Waals surface area contributed by atoms with E-state index in [0.717, 1.165) is 11.6 Å². The van der Waals surface area contributed by atoms with Crippen molar-refractivity contribution >= 4 is 11.9 Å². The molecule has 9 nitrogen and oxygen atoms in total. The number of likely N-dealkylation sites (tertiary alicyclic amines) is 1. The molecule has 39 heavy (non-hydrogen) atoms. The molecule has 2 aliphatic rings. The molecular formula is C28H29F2N3O6. The molecular weight excluding hydrogens is 512 g/mol. The summed E-state index contributed by atoms with van der Waals surface area (Å²) >= 11 is 0. The van der Waals surface area contributed by atoms with Crippen LogP contribution in [-0.4, -0.2) is 53.1 Å². The first-order chi connectivity index (χ1) is 18.9. The monoisotopic (exact) mass is 541 g/mol. The Morgan fingerprint density at radius 1 is 1.05 bits per heavy atom. The van der Waals surface area contributed by atoms with E-state index >= 15 is 0 Å². The average molecular weight is 542 g/mol. The van der Waals surface area contributed by atoms with Crippen LogP contribution in [0.3, 0.4) is 0 Å². The van der Waals surface area contributed by atoms with Gasteiger partial charge in [-0.3, -0.25) is 14.5 Å². The Labute approximate surface area is 224 Å². The van der Waals surface area contributed by atoms with Crippen LogP contribution >= 0.6 is 0 Å². The molecule has 1 fully saturated rings. The van der Waals surface area contributed by atoms with Crippen molar-refractivity contribution in [2.45, 2.75) is 39.4 Å². The fraction of sp³-hybridized carbons (Fsp3) is 0.393. The Balaban J connectivity index is 1.27. The number of esters is 1. The van der Waals surface area contributed by atoms with Crippen LogP contribution in [-0.2, 0) is 29.2 Å². The van der Waals surface area contributed by atoms with Crippen molar-refractivity contribution in [3.63, 3.8) is 0 Å². The standard InChI is InChI=1S/C28H29F2N3O6/c1-2-36-28(35)19-7-9-33(10-8-19)27(34)23-16-37-26(31-23)15-32(14-20-4-5-21(29)12-22(20)30)13-18-3-6-24-25(11-18)39-17-38-24/h3-6,11-12,16,19H,2,7-10,13-15,17H2,1H3. The molecule has 1 saturated heterocycles. The first-order valence-corrected chi connectivity index (χ1v) is 12.8. The third-order valence-corrected chi connectivity index (χ3v) is 6.78. The minimum atomic E-state index is -0.653.